The van der Waals surface area contributed by atoms with E-state index in [1.807, 2.05) is 30.3 Å². The number of hydrogen-bond donors (Lipinski definition) is 0. The third-order valence-electron chi connectivity index (χ3n) is 12.8. The molecule has 0 atom stereocenters. The Morgan fingerprint density at radius 3 is 1.33 bits per heavy atom. The van der Waals surface area contributed by atoms with Gasteiger partial charge in [-0.2, -0.15) is 0 Å². The highest BCUT2D eigenvalue weighted by atomic mass is 32.3. The van der Waals surface area contributed by atoms with Gasteiger partial charge in [0.2, 0.25) is 5.89 Å². The van der Waals surface area contributed by atoms with Gasteiger partial charge in [-0.15, -0.1) is 10.0 Å². The molecule has 0 aliphatic rings. The fourth-order valence-corrected chi connectivity index (χ4v) is 13.6. The standard InChI is InChI=1S/C63H44N2OS/c1-6-18-45(19-7-1)57-28-16-17-29-58(57)46-32-36-50(37-33-46)65(52-38-34-47-30-31-48-35-43-60-62(61(48)59(47)44-52)66-63(64-60)49-20-8-2-9-21-49)51-39-41-56(42-40-51)67(53-22-10-3-11-23-53,54-24-12-4-13-25-54)55-26-14-5-15-27-55/h1-44H. The van der Waals surface area contributed by atoms with Crippen LogP contribution in [-0.4, -0.2) is 4.98 Å². The summed E-state index contributed by atoms with van der Waals surface area (Å²) in [7, 11) is -1.87. The van der Waals surface area contributed by atoms with E-state index in [-0.39, 0.29) is 0 Å². The van der Waals surface area contributed by atoms with Crippen LogP contribution in [0, 0.1) is 0 Å². The van der Waals surface area contributed by atoms with Gasteiger partial charge in [0.25, 0.3) is 0 Å². The summed E-state index contributed by atoms with van der Waals surface area (Å²) >= 11 is 0. The van der Waals surface area contributed by atoms with E-state index < -0.39 is 10.0 Å². The monoisotopic (exact) mass is 876 g/mol. The van der Waals surface area contributed by atoms with Crippen molar-refractivity contribution in [2.24, 2.45) is 0 Å². The first-order valence-corrected chi connectivity index (χ1v) is 24.3. The first-order valence-electron chi connectivity index (χ1n) is 22.7. The summed E-state index contributed by atoms with van der Waals surface area (Å²) in [5.41, 5.74) is 10.5. The van der Waals surface area contributed by atoms with Crippen LogP contribution >= 0.6 is 10.0 Å². The van der Waals surface area contributed by atoms with E-state index >= 15 is 0 Å². The van der Waals surface area contributed by atoms with Crippen molar-refractivity contribution in [2.45, 2.75) is 19.6 Å². The molecular weight excluding hydrogens is 833 g/mol. The second kappa shape index (κ2) is 17.2. The zero-order chi connectivity index (χ0) is 44.6. The van der Waals surface area contributed by atoms with Gasteiger partial charge in [0.15, 0.2) is 5.58 Å². The molecule has 0 spiro atoms. The first kappa shape index (κ1) is 40.1. The number of rotatable bonds is 10. The van der Waals surface area contributed by atoms with Crippen molar-refractivity contribution in [3.63, 3.8) is 0 Å². The molecule has 0 aliphatic carbocycles. The van der Waals surface area contributed by atoms with Crippen molar-refractivity contribution >= 4 is 59.7 Å². The largest absolute Gasteiger partial charge is 0.435 e. The molecule has 4 heteroatoms. The van der Waals surface area contributed by atoms with E-state index in [1.54, 1.807) is 0 Å². The number of fused-ring (bicyclic) bond motifs is 5. The van der Waals surface area contributed by atoms with Gasteiger partial charge in [0, 0.05) is 47.6 Å². The molecule has 3 nitrogen and oxygen atoms in total. The lowest BCUT2D eigenvalue weighted by Crippen LogP contribution is -2.10. The molecule has 0 unspecified atom stereocenters. The van der Waals surface area contributed by atoms with Crippen molar-refractivity contribution < 1.29 is 4.42 Å². The van der Waals surface area contributed by atoms with Crippen molar-refractivity contribution in [3.05, 3.63) is 267 Å². The lowest BCUT2D eigenvalue weighted by molar-refractivity contribution is 0.623. The van der Waals surface area contributed by atoms with Crippen LogP contribution in [0.4, 0.5) is 17.1 Å². The fourth-order valence-electron chi connectivity index (χ4n) is 9.68. The van der Waals surface area contributed by atoms with Crippen LogP contribution in [-0.2, 0) is 0 Å². The summed E-state index contributed by atoms with van der Waals surface area (Å²) < 4.78 is 6.67. The lowest BCUT2D eigenvalue weighted by Gasteiger charge is -2.42. The number of oxazole rings is 1. The smallest absolute Gasteiger partial charge is 0.227 e. The van der Waals surface area contributed by atoms with Crippen LogP contribution in [0.15, 0.2) is 291 Å². The van der Waals surface area contributed by atoms with Gasteiger partial charge in [0.05, 0.1) is 0 Å². The highest BCUT2D eigenvalue weighted by Crippen LogP contribution is 2.73. The quantitative estimate of drug-likeness (QED) is 0.128. The molecule has 11 aromatic carbocycles. The zero-order valence-electron chi connectivity index (χ0n) is 36.6. The average Bonchev–Trinajstić information content (AvgIpc) is 3.86. The van der Waals surface area contributed by atoms with Crippen LogP contribution in [0.5, 0.6) is 0 Å². The highest BCUT2D eigenvalue weighted by molar-refractivity contribution is 8.34. The predicted molar refractivity (Wildman–Crippen MR) is 280 cm³/mol. The van der Waals surface area contributed by atoms with Crippen LogP contribution in [0.2, 0.25) is 0 Å². The van der Waals surface area contributed by atoms with Gasteiger partial charge >= 0.3 is 0 Å². The van der Waals surface area contributed by atoms with Crippen molar-refractivity contribution in [1.82, 2.24) is 4.98 Å². The van der Waals surface area contributed by atoms with Crippen molar-refractivity contribution in [2.75, 3.05) is 4.90 Å². The Labute approximate surface area is 392 Å². The molecule has 0 aliphatic heterocycles. The SMILES string of the molecule is c1ccc(-c2nc3ccc4ccc5ccc(N(c6ccc(-c7ccccc7-c7ccccc7)cc6)c6ccc(S(c7ccccc7)(c7ccccc7)c7ccccc7)cc6)cc5c4c3o2)cc1. The van der Waals surface area contributed by atoms with Crippen LogP contribution in [0.3, 0.4) is 0 Å². The summed E-state index contributed by atoms with van der Waals surface area (Å²) in [6, 6.07) is 96.3. The minimum atomic E-state index is -1.87. The Morgan fingerprint density at radius 2 is 0.761 bits per heavy atom. The zero-order valence-corrected chi connectivity index (χ0v) is 37.4. The summed E-state index contributed by atoms with van der Waals surface area (Å²) in [6.07, 6.45) is 0. The molecule has 12 aromatic rings. The Balaban J connectivity index is 1.05. The van der Waals surface area contributed by atoms with E-state index in [4.69, 9.17) is 9.40 Å². The molecule has 0 N–H and O–H groups in total. The molecule has 0 radical (unpaired) electrons. The summed E-state index contributed by atoms with van der Waals surface area (Å²) in [4.78, 5) is 12.5. The summed E-state index contributed by atoms with van der Waals surface area (Å²) in [5.74, 6) is 0.617. The normalized spacial score (nSPS) is 11.8. The first-order chi connectivity index (χ1) is 33.2. The minimum Gasteiger partial charge on any atom is -0.435 e. The Hall–Kier alpha value is -8.44. The van der Waals surface area contributed by atoms with Gasteiger partial charge in [0.1, 0.15) is 5.52 Å². The molecule has 0 saturated heterocycles. The molecule has 0 amide bonds. The van der Waals surface area contributed by atoms with Crippen LogP contribution < -0.4 is 4.90 Å². The maximum atomic E-state index is 6.67. The second-order valence-corrected chi connectivity index (χ2v) is 19.8. The lowest BCUT2D eigenvalue weighted by atomic mass is 9.94. The molecule has 1 aromatic heterocycles. The van der Waals surface area contributed by atoms with E-state index in [2.05, 4.69) is 241 Å². The van der Waals surface area contributed by atoms with Gasteiger partial charge in [-0.1, -0.05) is 164 Å². The fraction of sp³-hybridized carbons (Fsp3) is 0. The van der Waals surface area contributed by atoms with Gasteiger partial charge in [-0.25, -0.2) is 4.98 Å². The Morgan fingerprint density at radius 1 is 0.343 bits per heavy atom. The van der Waals surface area contributed by atoms with E-state index in [0.717, 1.165) is 60.8 Å². The number of nitrogens with zero attached hydrogens (tertiary/aromatic N) is 2. The molecule has 12 rings (SSSR count). The molecule has 318 valence electrons. The Kier molecular flexibility index (Phi) is 10.3. The highest BCUT2D eigenvalue weighted by Gasteiger charge is 2.33. The van der Waals surface area contributed by atoms with E-state index in [0.29, 0.717) is 5.89 Å². The van der Waals surface area contributed by atoms with Crippen molar-refractivity contribution in [1.29, 1.82) is 0 Å². The molecule has 67 heavy (non-hydrogen) atoms. The van der Waals surface area contributed by atoms with Crippen LogP contribution in [0.25, 0.3) is 66.4 Å². The van der Waals surface area contributed by atoms with Crippen LogP contribution in [0.1, 0.15) is 0 Å². The molecule has 0 fully saturated rings. The number of hydrogen-bond acceptors (Lipinski definition) is 3. The Bertz CT molecular complexity index is 3560. The molecule has 1 heterocycles. The van der Waals surface area contributed by atoms with E-state index in [1.165, 1.54) is 36.3 Å². The van der Waals surface area contributed by atoms with Gasteiger partial charge in [-0.3, -0.25) is 0 Å². The maximum Gasteiger partial charge on any atom is 0.227 e. The van der Waals surface area contributed by atoms with E-state index in [9.17, 15) is 0 Å². The van der Waals surface area contributed by atoms with Gasteiger partial charge < -0.3 is 9.32 Å². The number of benzene rings is 11. The molecular formula is C63H44N2OS. The van der Waals surface area contributed by atoms with Crippen molar-refractivity contribution in [3.8, 4) is 33.7 Å². The number of aromatic nitrogens is 1. The third kappa shape index (κ3) is 7.16. The summed E-state index contributed by atoms with van der Waals surface area (Å²) in [6.45, 7) is 0. The summed E-state index contributed by atoms with van der Waals surface area (Å²) in [5, 5.41) is 4.39. The topological polar surface area (TPSA) is 29.3 Å². The molecule has 0 bridgehead atoms. The predicted octanol–water partition coefficient (Wildman–Crippen LogP) is 17.9. The second-order valence-electron chi connectivity index (χ2n) is 16.7. The third-order valence-corrected chi connectivity index (χ3v) is 16.7. The maximum absolute atomic E-state index is 6.67. The molecule has 0 saturated carbocycles. The van der Waals surface area contributed by atoms with Gasteiger partial charge in [-0.05, 0) is 142 Å². The minimum absolute atomic E-state index is 0.617. The number of anilines is 3. The average molecular weight is 877 g/mol.